The highest BCUT2D eigenvalue weighted by Gasteiger charge is 2.26. The monoisotopic (exact) mass is 558 g/mol. The van der Waals surface area contributed by atoms with Crippen molar-refractivity contribution in [2.75, 3.05) is 40.5 Å². The second-order valence-corrected chi connectivity index (χ2v) is 10.0. The van der Waals surface area contributed by atoms with Gasteiger partial charge in [0.25, 0.3) is 5.91 Å². The van der Waals surface area contributed by atoms with Gasteiger partial charge in [0.1, 0.15) is 5.75 Å². The third-order valence-electron chi connectivity index (χ3n) is 7.40. The minimum Gasteiger partial charge on any atom is -0.493 e. The Morgan fingerprint density at radius 3 is 2.59 bits per heavy atom. The molecule has 0 fully saturated rings. The molecule has 4 bridgehead atoms. The number of carbonyl (C=O) groups excluding carboxylic acids is 3. The lowest BCUT2D eigenvalue weighted by molar-refractivity contribution is -0.123. The van der Waals surface area contributed by atoms with Crippen molar-refractivity contribution in [3.05, 3.63) is 71.5 Å². The highest BCUT2D eigenvalue weighted by Crippen LogP contribution is 2.42. The first-order valence-corrected chi connectivity index (χ1v) is 13.7. The van der Waals surface area contributed by atoms with Crippen LogP contribution in [-0.2, 0) is 16.0 Å². The van der Waals surface area contributed by atoms with Crippen LogP contribution < -0.4 is 24.8 Å². The van der Waals surface area contributed by atoms with Gasteiger partial charge < -0.3 is 29.7 Å². The minimum absolute atomic E-state index is 0.115. The molecular weight excluding hydrogens is 524 g/mol. The van der Waals surface area contributed by atoms with Gasteiger partial charge in [-0.05, 0) is 53.9 Å². The van der Waals surface area contributed by atoms with Gasteiger partial charge in [-0.15, -0.1) is 0 Å². The van der Waals surface area contributed by atoms with Gasteiger partial charge in [0.2, 0.25) is 11.8 Å². The minimum atomic E-state index is -0.246. The number of pyridine rings is 1. The standard InChI is InChI=1S/C31H34N4O6/c1-39-27-18-20-3-6-28(36)33-13-15-35(31(38)21-7-11-32-12-8-21)14-9-29(37)34-25-10-16-41-26-5-4-22(19-24(25)26)23(17-20)30(27)40-2/h4-5,7-8,11-12,17-19,25H,3,6,9-10,13-16H2,1-2H3,(H,33,36)(H,34,37). The summed E-state index contributed by atoms with van der Waals surface area (Å²) < 4.78 is 17.3. The highest BCUT2D eigenvalue weighted by atomic mass is 16.5. The average Bonchev–Trinajstić information content (AvgIpc) is 3.00. The first kappa shape index (κ1) is 27.9. The second-order valence-electron chi connectivity index (χ2n) is 10.0. The fourth-order valence-electron chi connectivity index (χ4n) is 5.26. The fraction of sp³-hybridized carbons (Fsp3) is 0.355. The lowest BCUT2D eigenvalue weighted by Gasteiger charge is -2.28. The zero-order chi connectivity index (χ0) is 28.8. The van der Waals surface area contributed by atoms with Gasteiger partial charge in [0, 0.05) is 68.0 Å². The van der Waals surface area contributed by atoms with E-state index < -0.39 is 0 Å². The van der Waals surface area contributed by atoms with Gasteiger partial charge in [0.15, 0.2) is 11.5 Å². The first-order valence-electron chi connectivity index (χ1n) is 13.7. The van der Waals surface area contributed by atoms with Gasteiger partial charge >= 0.3 is 0 Å². The van der Waals surface area contributed by atoms with Crippen molar-refractivity contribution in [1.82, 2.24) is 20.5 Å². The normalized spacial score (nSPS) is 17.7. The van der Waals surface area contributed by atoms with Gasteiger partial charge in [0.05, 0.1) is 26.9 Å². The van der Waals surface area contributed by atoms with Crippen LogP contribution in [0.5, 0.6) is 17.2 Å². The van der Waals surface area contributed by atoms with Gasteiger partial charge in [-0.3, -0.25) is 19.4 Å². The molecule has 3 heterocycles. The number of hydrogen-bond acceptors (Lipinski definition) is 7. The topological polar surface area (TPSA) is 119 Å². The second kappa shape index (κ2) is 12.7. The smallest absolute Gasteiger partial charge is 0.254 e. The lowest BCUT2D eigenvalue weighted by atomic mass is 9.93. The molecule has 0 saturated heterocycles. The lowest BCUT2D eigenvalue weighted by Crippen LogP contribution is -2.41. The maximum Gasteiger partial charge on any atom is 0.254 e. The Labute approximate surface area is 239 Å². The number of aryl methyl sites for hydroxylation is 1. The molecule has 10 nitrogen and oxygen atoms in total. The van der Waals surface area contributed by atoms with Crippen LogP contribution in [0.2, 0.25) is 0 Å². The summed E-state index contributed by atoms with van der Waals surface area (Å²) in [6.45, 7) is 1.23. The van der Waals surface area contributed by atoms with Crippen LogP contribution in [0.25, 0.3) is 11.1 Å². The predicted molar refractivity (Wildman–Crippen MR) is 152 cm³/mol. The Balaban J connectivity index is 1.49. The zero-order valence-electron chi connectivity index (χ0n) is 23.3. The van der Waals surface area contributed by atoms with Gasteiger partial charge in [-0.2, -0.15) is 0 Å². The maximum absolute atomic E-state index is 13.2. The SMILES string of the molecule is COc1cc2cc(c1OC)-c1ccc3c(c1)C(CCO3)NC(=O)CCN(C(=O)c1ccncc1)CCNC(=O)CC2. The number of nitrogens with zero attached hydrogens (tertiary/aromatic N) is 2. The molecule has 0 spiro atoms. The van der Waals surface area contributed by atoms with Crippen molar-refractivity contribution in [2.45, 2.75) is 31.7 Å². The van der Waals surface area contributed by atoms with Crippen molar-refractivity contribution >= 4 is 17.7 Å². The zero-order valence-corrected chi connectivity index (χ0v) is 23.3. The number of nitrogens with one attached hydrogen (secondary N) is 2. The summed E-state index contributed by atoms with van der Waals surface area (Å²) in [5.41, 5.74) is 3.97. The van der Waals surface area contributed by atoms with Crippen LogP contribution in [0.3, 0.4) is 0 Å². The number of methoxy groups -OCH3 is 2. The molecule has 2 N–H and O–H groups in total. The molecule has 214 valence electrons. The molecule has 5 rings (SSSR count). The van der Waals surface area contributed by atoms with Crippen molar-refractivity contribution in [2.24, 2.45) is 0 Å². The Morgan fingerprint density at radius 1 is 0.976 bits per heavy atom. The van der Waals surface area contributed by atoms with E-state index in [9.17, 15) is 14.4 Å². The van der Waals surface area contributed by atoms with E-state index in [0.29, 0.717) is 42.3 Å². The van der Waals surface area contributed by atoms with Crippen molar-refractivity contribution < 1.29 is 28.6 Å². The molecule has 10 heteroatoms. The number of benzene rings is 2. The van der Waals surface area contributed by atoms with Crippen LogP contribution in [0.4, 0.5) is 0 Å². The van der Waals surface area contributed by atoms with E-state index in [2.05, 4.69) is 15.6 Å². The molecule has 1 unspecified atom stereocenters. The van der Waals surface area contributed by atoms with Crippen LogP contribution in [0.15, 0.2) is 54.9 Å². The van der Waals surface area contributed by atoms with Crippen LogP contribution >= 0.6 is 0 Å². The number of amides is 3. The van der Waals surface area contributed by atoms with E-state index in [4.69, 9.17) is 14.2 Å². The van der Waals surface area contributed by atoms with Gasteiger partial charge in [-0.1, -0.05) is 6.07 Å². The van der Waals surface area contributed by atoms with Crippen molar-refractivity contribution in [1.29, 1.82) is 0 Å². The number of fused-ring (bicyclic) bond motifs is 4. The number of carbonyl (C=O) groups is 3. The number of aromatic nitrogens is 1. The van der Waals surface area contributed by atoms with Crippen LogP contribution in [0.1, 0.15) is 46.8 Å². The maximum atomic E-state index is 13.2. The molecule has 3 aromatic rings. The molecule has 3 amide bonds. The molecule has 41 heavy (non-hydrogen) atoms. The Morgan fingerprint density at radius 2 is 1.80 bits per heavy atom. The molecule has 2 aliphatic heterocycles. The van der Waals surface area contributed by atoms with E-state index in [1.807, 2.05) is 30.3 Å². The van der Waals surface area contributed by atoms with Crippen molar-refractivity contribution in [3.8, 4) is 28.4 Å². The van der Waals surface area contributed by atoms with E-state index in [1.54, 1.807) is 43.6 Å². The summed E-state index contributed by atoms with van der Waals surface area (Å²) in [6, 6.07) is 12.8. The quantitative estimate of drug-likeness (QED) is 0.506. The summed E-state index contributed by atoms with van der Waals surface area (Å²) >= 11 is 0. The predicted octanol–water partition coefficient (Wildman–Crippen LogP) is 3.30. The average molecular weight is 559 g/mol. The molecular formula is C31H34N4O6. The number of rotatable bonds is 3. The summed E-state index contributed by atoms with van der Waals surface area (Å²) in [4.78, 5) is 44.7. The number of hydrogen-bond donors (Lipinski definition) is 2. The van der Waals surface area contributed by atoms with E-state index in [-0.39, 0.29) is 56.2 Å². The molecule has 2 aromatic carbocycles. The third-order valence-corrected chi connectivity index (χ3v) is 7.40. The number of ether oxygens (including phenoxy) is 3. The first-order chi connectivity index (χ1) is 20.0. The molecule has 2 aliphatic rings. The molecule has 0 radical (unpaired) electrons. The van der Waals surface area contributed by atoms with Gasteiger partial charge in [-0.25, -0.2) is 0 Å². The summed E-state index contributed by atoms with van der Waals surface area (Å²) in [5, 5.41) is 6.06. The third kappa shape index (κ3) is 6.42. The molecule has 1 aromatic heterocycles. The molecule has 1 atom stereocenters. The molecule has 0 aliphatic carbocycles. The fourth-order valence-corrected chi connectivity index (χ4v) is 5.26. The Bertz CT molecular complexity index is 1430. The molecule has 0 saturated carbocycles. The Kier molecular flexibility index (Phi) is 8.67. The van der Waals surface area contributed by atoms with E-state index >= 15 is 0 Å². The summed E-state index contributed by atoms with van der Waals surface area (Å²) in [6.07, 6.45) is 4.60. The van der Waals surface area contributed by atoms with E-state index in [1.165, 1.54) is 0 Å². The summed E-state index contributed by atoms with van der Waals surface area (Å²) in [7, 11) is 3.18. The van der Waals surface area contributed by atoms with Crippen molar-refractivity contribution in [3.63, 3.8) is 0 Å². The highest BCUT2D eigenvalue weighted by molar-refractivity contribution is 5.94. The van der Waals surface area contributed by atoms with Crippen LogP contribution in [0, 0.1) is 0 Å². The van der Waals surface area contributed by atoms with Crippen LogP contribution in [-0.4, -0.2) is 68.1 Å². The Hall–Kier alpha value is -4.60. The summed E-state index contributed by atoms with van der Waals surface area (Å²) in [5.74, 6) is 1.35. The largest absolute Gasteiger partial charge is 0.493 e. The van der Waals surface area contributed by atoms with E-state index in [0.717, 1.165) is 22.3 Å².